The first-order valence-electron chi connectivity index (χ1n) is 10.0. The molecule has 0 spiro atoms. The minimum atomic E-state index is 0.177. The average molecular weight is 339 g/mol. The summed E-state index contributed by atoms with van der Waals surface area (Å²) in [7, 11) is 0. The highest BCUT2D eigenvalue weighted by Gasteiger charge is 2.25. The van der Waals surface area contributed by atoms with E-state index in [0.29, 0.717) is 6.61 Å². The molecule has 0 atom stereocenters. The van der Waals surface area contributed by atoms with Gasteiger partial charge in [0.25, 0.3) is 0 Å². The third-order valence-electron chi connectivity index (χ3n) is 6.19. The molecule has 0 unspecified atom stereocenters. The molecule has 4 heteroatoms. The van der Waals surface area contributed by atoms with E-state index in [1.807, 2.05) is 4.90 Å². The summed E-state index contributed by atoms with van der Waals surface area (Å²) in [5.41, 5.74) is 0. The van der Waals surface area contributed by atoms with Gasteiger partial charge in [-0.05, 0) is 62.4 Å². The lowest BCUT2D eigenvalue weighted by Gasteiger charge is -2.34. The van der Waals surface area contributed by atoms with Crippen LogP contribution in [-0.2, 0) is 9.53 Å². The maximum absolute atomic E-state index is 12.2. The molecule has 4 nitrogen and oxygen atoms in total. The van der Waals surface area contributed by atoms with Crippen LogP contribution in [0.1, 0.15) is 53.4 Å². The Morgan fingerprint density at radius 3 is 1.92 bits per heavy atom. The number of ether oxygens (including phenoxy) is 1. The van der Waals surface area contributed by atoms with Crippen molar-refractivity contribution in [2.75, 3.05) is 45.9 Å². The number of rotatable bonds is 7. The molecule has 0 saturated carbocycles. The van der Waals surface area contributed by atoms with E-state index in [2.05, 4.69) is 32.6 Å². The van der Waals surface area contributed by atoms with Gasteiger partial charge in [-0.1, -0.05) is 27.7 Å². The SMILES string of the molecule is CC(C)C1CCN(CCOCC(=O)N2CCC(C(C)C)CC2)CC1. The van der Waals surface area contributed by atoms with Crippen LogP contribution in [0.3, 0.4) is 0 Å². The fraction of sp³-hybridized carbons (Fsp3) is 0.950. The lowest BCUT2D eigenvalue weighted by Crippen LogP contribution is -2.42. The summed E-state index contributed by atoms with van der Waals surface area (Å²) in [5.74, 6) is 3.39. The third-order valence-corrected chi connectivity index (χ3v) is 6.19. The molecule has 2 fully saturated rings. The summed E-state index contributed by atoms with van der Waals surface area (Å²) in [6.45, 7) is 15.3. The second-order valence-corrected chi connectivity index (χ2v) is 8.44. The van der Waals surface area contributed by atoms with Gasteiger partial charge in [0.15, 0.2) is 0 Å². The van der Waals surface area contributed by atoms with Crippen LogP contribution in [0.4, 0.5) is 0 Å². The van der Waals surface area contributed by atoms with Crippen molar-refractivity contribution in [3.8, 4) is 0 Å². The molecule has 2 rings (SSSR count). The normalized spacial score (nSPS) is 21.8. The molecule has 24 heavy (non-hydrogen) atoms. The minimum Gasteiger partial charge on any atom is -0.370 e. The molecule has 0 aliphatic carbocycles. The predicted octanol–water partition coefficient (Wildman–Crippen LogP) is 3.27. The summed E-state index contributed by atoms with van der Waals surface area (Å²) in [6.07, 6.45) is 4.91. The van der Waals surface area contributed by atoms with Gasteiger partial charge >= 0.3 is 0 Å². The van der Waals surface area contributed by atoms with Crippen molar-refractivity contribution in [3.05, 3.63) is 0 Å². The first kappa shape index (κ1) is 19.7. The van der Waals surface area contributed by atoms with Gasteiger partial charge in [0.2, 0.25) is 5.91 Å². The van der Waals surface area contributed by atoms with E-state index in [-0.39, 0.29) is 12.5 Å². The molecule has 2 heterocycles. The van der Waals surface area contributed by atoms with E-state index in [0.717, 1.165) is 56.1 Å². The summed E-state index contributed by atoms with van der Waals surface area (Å²) in [6, 6.07) is 0. The Labute approximate surface area is 148 Å². The van der Waals surface area contributed by atoms with Crippen LogP contribution in [0.15, 0.2) is 0 Å². The van der Waals surface area contributed by atoms with Crippen molar-refractivity contribution < 1.29 is 9.53 Å². The Kier molecular flexibility index (Phi) is 8.02. The average Bonchev–Trinajstić information content (AvgIpc) is 2.59. The molecule has 0 aromatic rings. The van der Waals surface area contributed by atoms with E-state index >= 15 is 0 Å². The zero-order valence-corrected chi connectivity index (χ0v) is 16.3. The number of carbonyl (C=O) groups is 1. The van der Waals surface area contributed by atoms with Gasteiger partial charge in [-0.3, -0.25) is 4.79 Å². The highest BCUT2D eigenvalue weighted by molar-refractivity contribution is 5.77. The summed E-state index contributed by atoms with van der Waals surface area (Å²) >= 11 is 0. The van der Waals surface area contributed by atoms with Gasteiger partial charge in [0.1, 0.15) is 6.61 Å². The topological polar surface area (TPSA) is 32.8 Å². The standard InChI is InChI=1S/C20H38N2O2/c1-16(2)18-5-9-21(10-6-18)13-14-24-15-20(23)22-11-7-19(8-12-22)17(3)4/h16-19H,5-15H2,1-4H3. The van der Waals surface area contributed by atoms with Gasteiger partial charge in [-0.25, -0.2) is 0 Å². The van der Waals surface area contributed by atoms with E-state index in [1.165, 1.54) is 25.9 Å². The molecular formula is C20H38N2O2. The fourth-order valence-electron chi connectivity index (χ4n) is 4.10. The molecular weight excluding hydrogens is 300 g/mol. The number of amides is 1. The van der Waals surface area contributed by atoms with Crippen molar-refractivity contribution in [3.63, 3.8) is 0 Å². The first-order valence-corrected chi connectivity index (χ1v) is 10.0. The number of piperidine rings is 2. The lowest BCUT2D eigenvalue weighted by molar-refractivity contribution is -0.137. The zero-order valence-electron chi connectivity index (χ0n) is 16.3. The molecule has 0 aromatic carbocycles. The Bertz CT molecular complexity index is 368. The number of nitrogens with zero attached hydrogens (tertiary/aromatic N) is 2. The lowest BCUT2D eigenvalue weighted by atomic mass is 9.87. The van der Waals surface area contributed by atoms with E-state index in [9.17, 15) is 4.79 Å². The van der Waals surface area contributed by atoms with E-state index in [1.54, 1.807) is 0 Å². The van der Waals surface area contributed by atoms with Crippen LogP contribution < -0.4 is 0 Å². The maximum atomic E-state index is 12.2. The monoisotopic (exact) mass is 338 g/mol. The Morgan fingerprint density at radius 1 is 0.917 bits per heavy atom. The number of likely N-dealkylation sites (tertiary alicyclic amines) is 2. The van der Waals surface area contributed by atoms with Crippen molar-refractivity contribution in [1.29, 1.82) is 0 Å². The third kappa shape index (κ3) is 6.03. The van der Waals surface area contributed by atoms with Crippen LogP contribution in [0, 0.1) is 23.7 Å². The molecule has 0 radical (unpaired) electrons. The van der Waals surface area contributed by atoms with Gasteiger partial charge < -0.3 is 14.5 Å². The summed E-state index contributed by atoms with van der Waals surface area (Å²) in [5, 5.41) is 0. The number of hydrogen-bond donors (Lipinski definition) is 0. The van der Waals surface area contributed by atoms with Gasteiger partial charge in [-0.15, -0.1) is 0 Å². The first-order chi connectivity index (χ1) is 11.5. The van der Waals surface area contributed by atoms with Crippen LogP contribution in [0.2, 0.25) is 0 Å². The highest BCUT2D eigenvalue weighted by atomic mass is 16.5. The fourth-order valence-corrected chi connectivity index (χ4v) is 4.10. The van der Waals surface area contributed by atoms with E-state index < -0.39 is 0 Å². The Morgan fingerprint density at radius 2 is 1.42 bits per heavy atom. The molecule has 2 aliphatic rings. The quantitative estimate of drug-likeness (QED) is 0.668. The largest absolute Gasteiger partial charge is 0.370 e. The summed E-state index contributed by atoms with van der Waals surface area (Å²) < 4.78 is 5.67. The second-order valence-electron chi connectivity index (χ2n) is 8.44. The van der Waals surface area contributed by atoms with Crippen LogP contribution in [-0.4, -0.2) is 61.6 Å². The van der Waals surface area contributed by atoms with Crippen molar-refractivity contribution in [2.45, 2.75) is 53.4 Å². The van der Waals surface area contributed by atoms with Crippen LogP contribution in [0.25, 0.3) is 0 Å². The zero-order chi connectivity index (χ0) is 17.5. The molecule has 140 valence electrons. The molecule has 0 aromatic heterocycles. The Hall–Kier alpha value is -0.610. The highest BCUT2D eigenvalue weighted by Crippen LogP contribution is 2.25. The van der Waals surface area contributed by atoms with Crippen molar-refractivity contribution >= 4 is 5.91 Å². The Balaban J connectivity index is 1.54. The smallest absolute Gasteiger partial charge is 0.248 e. The van der Waals surface area contributed by atoms with Crippen molar-refractivity contribution in [2.24, 2.45) is 23.7 Å². The predicted molar refractivity (Wildman–Crippen MR) is 99.0 cm³/mol. The van der Waals surface area contributed by atoms with Gasteiger partial charge in [0, 0.05) is 19.6 Å². The molecule has 0 bridgehead atoms. The van der Waals surface area contributed by atoms with Crippen molar-refractivity contribution in [1.82, 2.24) is 9.80 Å². The van der Waals surface area contributed by atoms with Gasteiger partial charge in [0.05, 0.1) is 6.61 Å². The van der Waals surface area contributed by atoms with Crippen LogP contribution in [0.5, 0.6) is 0 Å². The number of hydrogen-bond acceptors (Lipinski definition) is 3. The van der Waals surface area contributed by atoms with Gasteiger partial charge in [-0.2, -0.15) is 0 Å². The molecule has 1 amide bonds. The van der Waals surface area contributed by atoms with E-state index in [4.69, 9.17) is 4.74 Å². The molecule has 2 aliphatic heterocycles. The number of carbonyl (C=O) groups excluding carboxylic acids is 1. The maximum Gasteiger partial charge on any atom is 0.248 e. The molecule has 0 N–H and O–H groups in total. The van der Waals surface area contributed by atoms with Crippen LogP contribution >= 0.6 is 0 Å². The summed E-state index contributed by atoms with van der Waals surface area (Å²) in [4.78, 5) is 16.7. The minimum absolute atomic E-state index is 0.177. The molecule has 2 saturated heterocycles. The second kappa shape index (κ2) is 9.76.